The molecule has 1 heterocycles. The van der Waals surface area contributed by atoms with Gasteiger partial charge < -0.3 is 4.98 Å². The number of alkyl halides is 3. The Labute approximate surface area is 132 Å². The Kier molecular flexibility index (Phi) is 3.56. The number of rotatable bonds is 2. The Morgan fingerprint density at radius 3 is 2.50 bits per heavy atom. The predicted octanol–water partition coefficient (Wildman–Crippen LogP) is 5.18. The molecule has 2 aromatic carbocycles. The molecule has 0 atom stereocenters. The van der Waals surface area contributed by atoms with Gasteiger partial charge in [0.15, 0.2) is 5.78 Å². The van der Waals surface area contributed by atoms with Gasteiger partial charge in [-0.25, -0.2) is 0 Å². The van der Waals surface area contributed by atoms with Crippen molar-refractivity contribution >= 4 is 32.6 Å². The van der Waals surface area contributed by atoms with Crippen molar-refractivity contribution in [3.05, 3.63) is 69.8 Å². The second-order valence-electron chi connectivity index (χ2n) is 4.77. The number of H-pyrrole nitrogens is 1. The van der Waals surface area contributed by atoms with Crippen LogP contribution in [0.4, 0.5) is 13.2 Å². The maximum atomic E-state index is 12.8. The Morgan fingerprint density at radius 2 is 1.77 bits per heavy atom. The summed E-state index contributed by atoms with van der Waals surface area (Å²) >= 11 is 3.15. The number of halogens is 4. The largest absolute Gasteiger partial charge is 0.416 e. The summed E-state index contributed by atoms with van der Waals surface area (Å²) in [6.45, 7) is 0. The molecule has 1 N–H and O–H groups in total. The van der Waals surface area contributed by atoms with E-state index in [1.807, 2.05) is 6.07 Å². The van der Waals surface area contributed by atoms with Crippen molar-refractivity contribution in [2.75, 3.05) is 0 Å². The van der Waals surface area contributed by atoms with Crippen molar-refractivity contribution in [3.8, 4) is 0 Å². The highest BCUT2D eigenvalue weighted by Gasteiger charge is 2.32. The first kappa shape index (κ1) is 14.8. The smallest absolute Gasteiger partial charge is 0.360 e. The van der Waals surface area contributed by atoms with Crippen LogP contribution in [0, 0.1) is 0 Å². The van der Waals surface area contributed by atoms with E-state index in [1.54, 1.807) is 18.2 Å². The molecule has 22 heavy (non-hydrogen) atoms. The molecule has 6 heteroatoms. The van der Waals surface area contributed by atoms with Gasteiger partial charge in [-0.05, 0) is 24.3 Å². The molecule has 0 spiro atoms. The first-order valence-corrected chi connectivity index (χ1v) is 7.15. The number of ketones is 1. The fraction of sp³-hybridized carbons (Fsp3) is 0.0625. The summed E-state index contributed by atoms with van der Waals surface area (Å²) in [5.41, 5.74) is 0.239. The van der Waals surface area contributed by atoms with Crippen LogP contribution < -0.4 is 0 Å². The van der Waals surface area contributed by atoms with Crippen LogP contribution in [0.25, 0.3) is 10.9 Å². The number of nitrogens with one attached hydrogen (secondary N) is 1. The van der Waals surface area contributed by atoms with Crippen LogP contribution in [0.5, 0.6) is 0 Å². The minimum atomic E-state index is -4.49. The monoisotopic (exact) mass is 367 g/mol. The summed E-state index contributed by atoms with van der Waals surface area (Å²) in [4.78, 5) is 15.5. The molecular weight excluding hydrogens is 359 g/mol. The number of para-hydroxylation sites is 1. The highest BCUT2D eigenvalue weighted by atomic mass is 79.9. The first-order valence-electron chi connectivity index (χ1n) is 6.35. The van der Waals surface area contributed by atoms with Crippen molar-refractivity contribution in [1.29, 1.82) is 0 Å². The average Bonchev–Trinajstić information content (AvgIpc) is 2.89. The second kappa shape index (κ2) is 5.28. The molecule has 2 nitrogen and oxygen atoms in total. The summed E-state index contributed by atoms with van der Waals surface area (Å²) in [5.74, 6) is -0.463. The number of hydrogen-bond donors (Lipinski definition) is 1. The van der Waals surface area contributed by atoms with Crippen molar-refractivity contribution in [2.24, 2.45) is 0 Å². The summed E-state index contributed by atoms with van der Waals surface area (Å²) < 4.78 is 38.8. The van der Waals surface area contributed by atoms with Crippen LogP contribution in [0.15, 0.2) is 53.1 Å². The zero-order valence-corrected chi connectivity index (χ0v) is 12.6. The lowest BCUT2D eigenvalue weighted by Gasteiger charge is -2.09. The number of hydrogen-bond acceptors (Lipinski definition) is 1. The normalized spacial score (nSPS) is 11.8. The van der Waals surface area contributed by atoms with Crippen molar-refractivity contribution in [2.45, 2.75) is 6.18 Å². The SMILES string of the molecule is O=C(c1cc(C(F)(F)F)ccc1Br)c1c[nH]c2ccccc12. The predicted molar refractivity (Wildman–Crippen MR) is 80.9 cm³/mol. The van der Waals surface area contributed by atoms with Crippen molar-refractivity contribution < 1.29 is 18.0 Å². The number of carbonyl (C=O) groups is 1. The lowest BCUT2D eigenvalue weighted by Crippen LogP contribution is -2.08. The van der Waals surface area contributed by atoms with E-state index in [0.29, 0.717) is 15.4 Å². The third kappa shape index (κ3) is 2.54. The van der Waals surface area contributed by atoms with Gasteiger partial charge in [-0.3, -0.25) is 4.79 Å². The molecule has 0 saturated heterocycles. The molecule has 0 fully saturated rings. The summed E-state index contributed by atoms with van der Waals surface area (Å²) in [6.07, 6.45) is -2.98. The topological polar surface area (TPSA) is 32.9 Å². The van der Waals surface area contributed by atoms with Crippen LogP contribution >= 0.6 is 15.9 Å². The molecular formula is C16H9BrF3NO. The number of aromatic nitrogens is 1. The molecule has 0 saturated carbocycles. The zero-order valence-electron chi connectivity index (χ0n) is 11.0. The molecule has 0 radical (unpaired) electrons. The molecule has 0 bridgehead atoms. The van der Waals surface area contributed by atoms with E-state index in [9.17, 15) is 18.0 Å². The fourth-order valence-corrected chi connectivity index (χ4v) is 2.71. The Bertz CT molecular complexity index is 867. The van der Waals surface area contributed by atoms with E-state index >= 15 is 0 Å². The third-order valence-corrected chi connectivity index (χ3v) is 4.06. The van der Waals surface area contributed by atoms with E-state index in [0.717, 1.165) is 17.6 Å². The average molecular weight is 368 g/mol. The lowest BCUT2D eigenvalue weighted by atomic mass is 10.0. The number of aromatic amines is 1. The molecule has 0 unspecified atom stereocenters. The fourth-order valence-electron chi connectivity index (χ4n) is 2.28. The van der Waals surface area contributed by atoms with E-state index < -0.39 is 17.5 Å². The minimum absolute atomic E-state index is 0.0143. The van der Waals surface area contributed by atoms with Crippen molar-refractivity contribution in [1.82, 2.24) is 4.98 Å². The standard InChI is InChI=1S/C16H9BrF3NO/c17-13-6-5-9(16(18,19)20)7-11(13)15(22)12-8-21-14-4-2-1-3-10(12)14/h1-8,21H. The van der Waals surface area contributed by atoms with Gasteiger partial charge in [0.05, 0.1) is 5.56 Å². The van der Waals surface area contributed by atoms with Gasteiger partial charge in [0.1, 0.15) is 0 Å². The Balaban J connectivity index is 2.13. The van der Waals surface area contributed by atoms with Crippen LogP contribution in [-0.4, -0.2) is 10.8 Å². The van der Waals surface area contributed by atoms with Gasteiger partial charge in [-0.1, -0.05) is 34.1 Å². The summed E-state index contributed by atoms with van der Waals surface area (Å²) in [6, 6.07) is 10.2. The van der Waals surface area contributed by atoms with Gasteiger partial charge in [0.2, 0.25) is 0 Å². The van der Waals surface area contributed by atoms with E-state index in [4.69, 9.17) is 0 Å². The van der Waals surface area contributed by atoms with E-state index in [2.05, 4.69) is 20.9 Å². The minimum Gasteiger partial charge on any atom is -0.360 e. The molecule has 0 aliphatic heterocycles. The molecule has 3 aromatic rings. The van der Waals surface area contributed by atoms with Crippen LogP contribution in [0.2, 0.25) is 0 Å². The Morgan fingerprint density at radius 1 is 1.05 bits per heavy atom. The van der Waals surface area contributed by atoms with Crippen LogP contribution in [0.3, 0.4) is 0 Å². The van der Waals surface area contributed by atoms with E-state index in [-0.39, 0.29) is 5.56 Å². The van der Waals surface area contributed by atoms with Gasteiger partial charge in [0.25, 0.3) is 0 Å². The van der Waals surface area contributed by atoms with E-state index in [1.165, 1.54) is 12.3 Å². The van der Waals surface area contributed by atoms with Crippen LogP contribution in [-0.2, 0) is 6.18 Å². The van der Waals surface area contributed by atoms with Crippen LogP contribution in [0.1, 0.15) is 21.5 Å². The maximum absolute atomic E-state index is 12.8. The number of benzene rings is 2. The van der Waals surface area contributed by atoms with Gasteiger partial charge in [-0.15, -0.1) is 0 Å². The maximum Gasteiger partial charge on any atom is 0.416 e. The summed E-state index contributed by atoms with van der Waals surface area (Å²) in [5, 5.41) is 0.678. The van der Waals surface area contributed by atoms with Crippen molar-refractivity contribution in [3.63, 3.8) is 0 Å². The molecule has 0 aliphatic carbocycles. The van der Waals surface area contributed by atoms with Gasteiger partial charge in [-0.2, -0.15) is 13.2 Å². The number of fused-ring (bicyclic) bond motifs is 1. The Hall–Kier alpha value is -2.08. The number of carbonyl (C=O) groups excluding carboxylic acids is 1. The molecule has 3 rings (SSSR count). The summed E-state index contributed by atoms with van der Waals surface area (Å²) in [7, 11) is 0. The molecule has 0 aliphatic rings. The zero-order chi connectivity index (χ0) is 15.9. The quantitative estimate of drug-likeness (QED) is 0.622. The lowest BCUT2D eigenvalue weighted by molar-refractivity contribution is -0.137. The molecule has 0 amide bonds. The highest BCUT2D eigenvalue weighted by Crippen LogP contribution is 2.33. The van der Waals surface area contributed by atoms with Gasteiger partial charge >= 0.3 is 6.18 Å². The second-order valence-corrected chi connectivity index (χ2v) is 5.62. The third-order valence-electron chi connectivity index (χ3n) is 3.37. The first-order chi connectivity index (χ1) is 10.4. The molecule has 1 aromatic heterocycles. The molecule has 112 valence electrons. The van der Waals surface area contributed by atoms with Gasteiger partial charge in [0, 0.05) is 32.7 Å². The highest BCUT2D eigenvalue weighted by molar-refractivity contribution is 9.10.